The summed E-state index contributed by atoms with van der Waals surface area (Å²) in [4.78, 5) is 11.0. The average molecular weight is 283 g/mol. The number of rotatable bonds is 7. The minimum absolute atomic E-state index is 0.0201. The lowest BCUT2D eigenvalue weighted by Crippen LogP contribution is -2.24. The molecule has 0 bridgehead atoms. The molecule has 5 nitrogen and oxygen atoms in total. The lowest BCUT2D eigenvalue weighted by molar-refractivity contribution is -0.142. The molecular formula is C13H17NO4S. The molecule has 0 radical (unpaired) electrons. The molecule has 0 saturated carbocycles. The van der Waals surface area contributed by atoms with E-state index in [1.54, 1.807) is 19.1 Å². The van der Waals surface area contributed by atoms with Crippen LogP contribution in [0.2, 0.25) is 0 Å². The maximum Gasteiger partial charge on any atom is 0.307 e. The molecule has 0 aliphatic rings. The summed E-state index contributed by atoms with van der Waals surface area (Å²) in [5.41, 5.74) is 0.790. The fraction of sp³-hybridized carbons (Fsp3) is 0.308. The molecule has 0 unspecified atom stereocenters. The predicted molar refractivity (Wildman–Crippen MR) is 73.6 cm³/mol. The van der Waals surface area contributed by atoms with E-state index >= 15 is 0 Å². The van der Waals surface area contributed by atoms with Crippen LogP contribution in [0.15, 0.2) is 35.7 Å². The third-order valence-electron chi connectivity index (χ3n) is 2.18. The summed E-state index contributed by atoms with van der Waals surface area (Å²) in [6.45, 7) is 2.02. The maximum atomic E-state index is 11.6. The fourth-order valence-corrected chi connectivity index (χ4v) is 2.13. The normalized spacial score (nSPS) is 11.6. The first-order chi connectivity index (χ1) is 9.03. The van der Waals surface area contributed by atoms with E-state index in [2.05, 4.69) is 4.72 Å². The van der Waals surface area contributed by atoms with Crippen molar-refractivity contribution in [2.24, 2.45) is 0 Å². The Morgan fingerprint density at radius 2 is 2.00 bits per heavy atom. The lowest BCUT2D eigenvalue weighted by atomic mass is 10.2. The van der Waals surface area contributed by atoms with Crippen LogP contribution in [0.3, 0.4) is 0 Å². The van der Waals surface area contributed by atoms with Crippen molar-refractivity contribution in [3.63, 3.8) is 0 Å². The minimum Gasteiger partial charge on any atom is -0.466 e. The van der Waals surface area contributed by atoms with Crippen molar-refractivity contribution in [2.75, 3.05) is 13.2 Å². The van der Waals surface area contributed by atoms with E-state index in [1.165, 1.54) is 6.08 Å². The van der Waals surface area contributed by atoms with Gasteiger partial charge in [-0.2, -0.15) is 0 Å². The molecule has 19 heavy (non-hydrogen) atoms. The lowest BCUT2D eigenvalue weighted by Gasteiger charge is -2.03. The van der Waals surface area contributed by atoms with Crippen LogP contribution in [0.5, 0.6) is 0 Å². The quantitative estimate of drug-likeness (QED) is 0.770. The second kappa shape index (κ2) is 7.70. The van der Waals surface area contributed by atoms with Gasteiger partial charge in [-0.05, 0) is 18.6 Å². The molecule has 6 heteroatoms. The highest BCUT2D eigenvalue weighted by Crippen LogP contribution is 2.02. The van der Waals surface area contributed by atoms with Gasteiger partial charge in [0.1, 0.15) is 0 Å². The van der Waals surface area contributed by atoms with Crippen LogP contribution in [-0.4, -0.2) is 27.5 Å². The van der Waals surface area contributed by atoms with Gasteiger partial charge in [0.25, 0.3) is 0 Å². The van der Waals surface area contributed by atoms with E-state index in [4.69, 9.17) is 4.74 Å². The third-order valence-corrected chi connectivity index (χ3v) is 3.28. The number of benzene rings is 1. The average Bonchev–Trinajstić information content (AvgIpc) is 2.38. The Kier molecular flexibility index (Phi) is 6.24. The molecule has 0 aliphatic carbocycles. The SMILES string of the molecule is CCOC(=O)CCNS(=O)(=O)/C=C/c1ccccc1. The summed E-state index contributed by atoms with van der Waals surface area (Å²) in [7, 11) is -3.53. The van der Waals surface area contributed by atoms with Crippen molar-refractivity contribution >= 4 is 22.1 Å². The van der Waals surface area contributed by atoms with Crippen LogP contribution in [0, 0.1) is 0 Å². The number of hydrogen-bond acceptors (Lipinski definition) is 4. The first-order valence-electron chi connectivity index (χ1n) is 5.92. The zero-order valence-electron chi connectivity index (χ0n) is 10.7. The molecule has 0 spiro atoms. The molecule has 1 aromatic carbocycles. The Labute approximate surface area is 113 Å². The first kappa shape index (κ1) is 15.4. The highest BCUT2D eigenvalue weighted by atomic mass is 32.2. The smallest absolute Gasteiger partial charge is 0.307 e. The van der Waals surface area contributed by atoms with E-state index in [1.807, 2.05) is 18.2 Å². The molecule has 0 amide bonds. The van der Waals surface area contributed by atoms with Gasteiger partial charge in [-0.1, -0.05) is 30.3 Å². The molecule has 0 saturated heterocycles. The Bertz CT molecular complexity index is 523. The zero-order valence-corrected chi connectivity index (χ0v) is 11.5. The van der Waals surface area contributed by atoms with E-state index in [0.29, 0.717) is 6.61 Å². The molecule has 0 aliphatic heterocycles. The van der Waals surface area contributed by atoms with E-state index in [-0.39, 0.29) is 13.0 Å². The molecule has 0 fully saturated rings. The Morgan fingerprint density at radius 1 is 1.32 bits per heavy atom. The summed E-state index contributed by atoms with van der Waals surface area (Å²) >= 11 is 0. The number of esters is 1. The summed E-state index contributed by atoms with van der Waals surface area (Å²) in [5.74, 6) is -0.419. The van der Waals surface area contributed by atoms with Crippen LogP contribution < -0.4 is 4.72 Å². The monoisotopic (exact) mass is 283 g/mol. The second-order valence-corrected chi connectivity index (χ2v) is 5.36. The number of carbonyl (C=O) groups is 1. The highest BCUT2D eigenvalue weighted by Gasteiger charge is 2.07. The van der Waals surface area contributed by atoms with Crippen LogP contribution in [0.4, 0.5) is 0 Å². The predicted octanol–water partition coefficient (Wildman–Crippen LogP) is 1.53. The topological polar surface area (TPSA) is 72.5 Å². The third kappa shape index (κ3) is 6.73. The van der Waals surface area contributed by atoms with Crippen molar-refractivity contribution < 1.29 is 17.9 Å². The zero-order chi connectivity index (χ0) is 14.1. The van der Waals surface area contributed by atoms with Gasteiger partial charge in [-0.15, -0.1) is 0 Å². The van der Waals surface area contributed by atoms with E-state index in [9.17, 15) is 13.2 Å². The Morgan fingerprint density at radius 3 is 2.63 bits per heavy atom. The van der Waals surface area contributed by atoms with Crippen molar-refractivity contribution in [2.45, 2.75) is 13.3 Å². The molecule has 1 N–H and O–H groups in total. The number of carbonyl (C=O) groups excluding carboxylic acids is 1. The largest absolute Gasteiger partial charge is 0.466 e. The molecule has 1 aromatic rings. The van der Waals surface area contributed by atoms with Gasteiger partial charge in [-0.25, -0.2) is 13.1 Å². The van der Waals surface area contributed by atoms with Gasteiger partial charge in [0.2, 0.25) is 10.0 Å². The highest BCUT2D eigenvalue weighted by molar-refractivity contribution is 7.92. The molecule has 1 rings (SSSR count). The number of hydrogen-bond donors (Lipinski definition) is 1. The van der Waals surface area contributed by atoms with E-state index < -0.39 is 16.0 Å². The summed E-state index contributed by atoms with van der Waals surface area (Å²) in [6, 6.07) is 9.08. The Balaban J connectivity index is 2.44. The van der Waals surface area contributed by atoms with Gasteiger partial charge in [0, 0.05) is 12.0 Å². The van der Waals surface area contributed by atoms with E-state index in [0.717, 1.165) is 11.0 Å². The molecule has 0 atom stereocenters. The fourth-order valence-electron chi connectivity index (χ4n) is 1.31. The van der Waals surface area contributed by atoms with Gasteiger partial charge in [0.15, 0.2) is 0 Å². The number of sulfonamides is 1. The van der Waals surface area contributed by atoms with Gasteiger partial charge in [0.05, 0.1) is 13.0 Å². The van der Waals surface area contributed by atoms with Crippen LogP contribution >= 0.6 is 0 Å². The first-order valence-corrected chi connectivity index (χ1v) is 7.46. The summed E-state index contributed by atoms with van der Waals surface area (Å²) < 4.78 is 30.2. The Hall–Kier alpha value is -1.66. The standard InChI is InChI=1S/C13H17NO4S/c1-2-18-13(15)8-10-14-19(16,17)11-9-12-6-4-3-5-7-12/h3-7,9,11,14H,2,8,10H2,1H3/b11-9+. The van der Waals surface area contributed by atoms with Crippen molar-refractivity contribution in [1.29, 1.82) is 0 Å². The minimum atomic E-state index is -3.53. The summed E-state index contributed by atoms with van der Waals surface area (Å²) in [6.07, 6.45) is 1.51. The maximum absolute atomic E-state index is 11.6. The van der Waals surface area contributed by atoms with Crippen molar-refractivity contribution in [3.05, 3.63) is 41.3 Å². The number of ether oxygens (including phenoxy) is 1. The van der Waals surface area contributed by atoms with Crippen molar-refractivity contribution in [1.82, 2.24) is 4.72 Å². The van der Waals surface area contributed by atoms with Gasteiger partial charge >= 0.3 is 5.97 Å². The molecule has 104 valence electrons. The van der Waals surface area contributed by atoms with Crippen LogP contribution in [0.25, 0.3) is 6.08 Å². The van der Waals surface area contributed by atoms with Gasteiger partial charge in [-0.3, -0.25) is 4.79 Å². The number of nitrogens with one attached hydrogen (secondary N) is 1. The molecule has 0 aromatic heterocycles. The summed E-state index contributed by atoms with van der Waals surface area (Å²) in [5, 5.41) is 1.08. The molecule has 0 heterocycles. The molecular weight excluding hydrogens is 266 g/mol. The van der Waals surface area contributed by atoms with Crippen molar-refractivity contribution in [3.8, 4) is 0 Å². The van der Waals surface area contributed by atoms with Crippen LogP contribution in [-0.2, 0) is 19.6 Å². The second-order valence-electron chi connectivity index (χ2n) is 3.71. The van der Waals surface area contributed by atoms with Crippen LogP contribution in [0.1, 0.15) is 18.9 Å². The van der Waals surface area contributed by atoms with Gasteiger partial charge < -0.3 is 4.74 Å².